The van der Waals surface area contributed by atoms with E-state index in [1.165, 1.54) is 0 Å². The lowest BCUT2D eigenvalue weighted by Gasteiger charge is -2.11. The predicted octanol–water partition coefficient (Wildman–Crippen LogP) is 3.87. The van der Waals surface area contributed by atoms with Crippen LogP contribution in [0, 0.1) is 0 Å². The summed E-state index contributed by atoms with van der Waals surface area (Å²) < 4.78 is 11.8. The van der Waals surface area contributed by atoms with Crippen molar-refractivity contribution in [3.63, 3.8) is 0 Å². The molecule has 0 radical (unpaired) electrons. The van der Waals surface area contributed by atoms with Crippen LogP contribution in [-0.4, -0.2) is 16.6 Å². The molecule has 2 aromatic carbocycles. The van der Waals surface area contributed by atoms with Crippen LogP contribution in [-0.2, 0) is 17.6 Å². The molecule has 0 bridgehead atoms. The van der Waals surface area contributed by atoms with E-state index in [-0.39, 0.29) is 5.78 Å². The number of rotatable bonds is 4. The number of hydrogen-bond donors (Lipinski definition) is 0. The minimum absolute atomic E-state index is 0.123. The van der Waals surface area contributed by atoms with Crippen LogP contribution < -0.4 is 0 Å². The zero-order valence-corrected chi connectivity index (χ0v) is 12.9. The third-order valence-electron chi connectivity index (χ3n) is 3.11. The molecule has 2 nitrogen and oxygen atoms in total. The Balaban J connectivity index is 2.49. The Morgan fingerprint density at radius 2 is 1.85 bits per heavy atom. The van der Waals surface area contributed by atoms with Gasteiger partial charge in [-0.2, -0.15) is 0 Å². The van der Waals surface area contributed by atoms with E-state index in [4.69, 9.17) is 11.6 Å². The summed E-state index contributed by atoms with van der Waals surface area (Å²) in [5.74, 6) is -0.123. The van der Waals surface area contributed by atoms with Crippen molar-refractivity contribution in [1.29, 1.82) is 0 Å². The summed E-state index contributed by atoms with van der Waals surface area (Å²) in [4.78, 5) is 13.1. The van der Waals surface area contributed by atoms with Gasteiger partial charge in [0.2, 0.25) is 0 Å². The van der Waals surface area contributed by atoms with Crippen LogP contribution in [0.2, 0.25) is 5.02 Å². The van der Waals surface area contributed by atoms with Crippen LogP contribution >= 0.6 is 11.6 Å². The molecular formula is C16H15ClO2S. The average Bonchev–Trinajstić information content (AvgIpc) is 2.46. The van der Waals surface area contributed by atoms with Crippen LogP contribution in [0.15, 0.2) is 47.4 Å². The zero-order valence-electron chi connectivity index (χ0n) is 11.4. The fraction of sp³-hybridized carbons (Fsp3) is 0.188. The monoisotopic (exact) mass is 306 g/mol. The summed E-state index contributed by atoms with van der Waals surface area (Å²) >= 11 is 4.64. The molecule has 0 saturated carbocycles. The first kappa shape index (κ1) is 15.1. The van der Waals surface area contributed by atoms with Crippen LogP contribution in [0.1, 0.15) is 28.4 Å². The lowest BCUT2D eigenvalue weighted by atomic mass is 10.0. The van der Waals surface area contributed by atoms with Gasteiger partial charge in [0.05, 0.1) is 5.56 Å². The SMILES string of the molecule is CCc1ccc([S+](C)[O-])c(C(=O)c2ccc(Cl)cc2)c1. The summed E-state index contributed by atoms with van der Waals surface area (Å²) in [5.41, 5.74) is 2.11. The summed E-state index contributed by atoms with van der Waals surface area (Å²) in [6.07, 6.45) is 2.41. The highest BCUT2D eigenvalue weighted by molar-refractivity contribution is 7.90. The molecule has 20 heavy (non-hydrogen) atoms. The minimum atomic E-state index is -1.20. The summed E-state index contributed by atoms with van der Waals surface area (Å²) in [6, 6.07) is 12.3. The maximum absolute atomic E-state index is 12.6. The van der Waals surface area contributed by atoms with Crippen molar-refractivity contribution in [1.82, 2.24) is 0 Å². The summed E-state index contributed by atoms with van der Waals surface area (Å²) in [6.45, 7) is 2.02. The Morgan fingerprint density at radius 3 is 2.40 bits per heavy atom. The van der Waals surface area contributed by atoms with Gasteiger partial charge in [0.1, 0.15) is 6.26 Å². The zero-order chi connectivity index (χ0) is 14.7. The van der Waals surface area contributed by atoms with Gasteiger partial charge in [-0.1, -0.05) is 24.6 Å². The van der Waals surface area contributed by atoms with Crippen LogP contribution in [0.3, 0.4) is 0 Å². The molecule has 0 spiro atoms. The van der Waals surface area contributed by atoms with Crippen molar-refractivity contribution in [2.45, 2.75) is 18.2 Å². The van der Waals surface area contributed by atoms with Gasteiger partial charge in [-0.15, -0.1) is 0 Å². The highest BCUT2D eigenvalue weighted by atomic mass is 35.5. The maximum atomic E-state index is 12.6. The molecule has 1 atom stereocenters. The Labute approximate surface area is 127 Å². The van der Waals surface area contributed by atoms with Gasteiger partial charge in [-0.05, 0) is 59.6 Å². The summed E-state index contributed by atoms with van der Waals surface area (Å²) in [7, 11) is 0. The lowest BCUT2D eigenvalue weighted by molar-refractivity contribution is 0.103. The Kier molecular flexibility index (Phi) is 4.86. The number of halogens is 1. The second-order valence-corrected chi connectivity index (χ2v) is 6.26. The second-order valence-electron chi connectivity index (χ2n) is 4.47. The number of aryl methyl sites for hydroxylation is 1. The molecule has 0 saturated heterocycles. The quantitative estimate of drug-likeness (QED) is 0.635. The Bertz CT molecular complexity index is 621. The largest absolute Gasteiger partial charge is 0.612 e. The standard InChI is InChI=1S/C16H15ClO2S/c1-3-11-4-9-15(20(2)19)14(10-11)16(18)12-5-7-13(17)8-6-12/h4-10H,3H2,1-2H3. The lowest BCUT2D eigenvalue weighted by Crippen LogP contribution is -2.10. The molecule has 2 rings (SSSR count). The fourth-order valence-corrected chi connectivity index (χ4v) is 2.83. The van der Waals surface area contributed by atoms with E-state index in [2.05, 4.69) is 0 Å². The minimum Gasteiger partial charge on any atom is -0.612 e. The Morgan fingerprint density at radius 1 is 1.20 bits per heavy atom. The van der Waals surface area contributed by atoms with Gasteiger partial charge in [0.25, 0.3) is 0 Å². The number of carbonyl (C=O) groups is 1. The van der Waals surface area contributed by atoms with Gasteiger partial charge in [-0.25, -0.2) is 0 Å². The van der Waals surface area contributed by atoms with E-state index < -0.39 is 11.2 Å². The third kappa shape index (κ3) is 3.23. The molecule has 0 heterocycles. The van der Waals surface area contributed by atoms with Crippen LogP contribution in [0.4, 0.5) is 0 Å². The molecule has 2 aromatic rings. The van der Waals surface area contributed by atoms with E-state index in [1.807, 2.05) is 19.1 Å². The normalized spacial score (nSPS) is 12.2. The first-order valence-corrected chi connectivity index (χ1v) is 8.23. The van der Waals surface area contributed by atoms with Crippen LogP contribution in [0.5, 0.6) is 0 Å². The van der Waals surface area contributed by atoms with E-state index in [0.717, 1.165) is 12.0 Å². The molecule has 0 aliphatic carbocycles. The van der Waals surface area contributed by atoms with Gasteiger partial charge in [0.15, 0.2) is 10.7 Å². The molecule has 0 fully saturated rings. The first-order valence-electron chi connectivity index (χ1n) is 6.29. The van der Waals surface area contributed by atoms with E-state index in [9.17, 15) is 9.35 Å². The smallest absolute Gasteiger partial charge is 0.198 e. The van der Waals surface area contributed by atoms with Crippen molar-refractivity contribution < 1.29 is 9.35 Å². The van der Waals surface area contributed by atoms with Crippen molar-refractivity contribution in [3.8, 4) is 0 Å². The molecular weight excluding hydrogens is 292 g/mol. The molecule has 0 aliphatic rings. The molecule has 0 amide bonds. The van der Waals surface area contributed by atoms with E-state index in [0.29, 0.717) is 21.0 Å². The fourth-order valence-electron chi connectivity index (χ4n) is 1.98. The van der Waals surface area contributed by atoms with Gasteiger partial charge in [-0.3, -0.25) is 4.79 Å². The third-order valence-corrected chi connectivity index (χ3v) is 4.34. The van der Waals surface area contributed by atoms with Crippen LogP contribution in [0.25, 0.3) is 0 Å². The molecule has 4 heteroatoms. The van der Waals surface area contributed by atoms with Crippen molar-refractivity contribution in [3.05, 3.63) is 64.2 Å². The number of carbonyl (C=O) groups excluding carboxylic acids is 1. The molecule has 0 N–H and O–H groups in total. The van der Waals surface area contributed by atoms with Gasteiger partial charge >= 0.3 is 0 Å². The predicted molar refractivity (Wildman–Crippen MR) is 83.0 cm³/mol. The second kappa shape index (κ2) is 6.44. The van der Waals surface area contributed by atoms with Crippen molar-refractivity contribution in [2.24, 2.45) is 0 Å². The first-order chi connectivity index (χ1) is 9.52. The molecule has 1 unspecified atom stereocenters. The summed E-state index contributed by atoms with van der Waals surface area (Å²) in [5, 5.41) is 0.586. The topological polar surface area (TPSA) is 40.1 Å². The number of ketones is 1. The highest BCUT2D eigenvalue weighted by Gasteiger charge is 2.20. The van der Waals surface area contributed by atoms with Gasteiger partial charge < -0.3 is 4.55 Å². The average molecular weight is 307 g/mol. The van der Waals surface area contributed by atoms with E-state index in [1.54, 1.807) is 36.6 Å². The maximum Gasteiger partial charge on any atom is 0.198 e. The molecule has 0 aliphatic heterocycles. The Hall–Kier alpha value is -1.29. The molecule has 0 aromatic heterocycles. The highest BCUT2D eigenvalue weighted by Crippen LogP contribution is 2.22. The van der Waals surface area contributed by atoms with E-state index >= 15 is 0 Å². The van der Waals surface area contributed by atoms with Crippen molar-refractivity contribution in [2.75, 3.05) is 6.26 Å². The molecule has 104 valence electrons. The van der Waals surface area contributed by atoms with Crippen molar-refractivity contribution >= 4 is 28.6 Å². The van der Waals surface area contributed by atoms with Gasteiger partial charge in [0, 0.05) is 10.6 Å². The number of benzene rings is 2. The number of hydrogen-bond acceptors (Lipinski definition) is 2.